The Morgan fingerprint density at radius 3 is 2.59 bits per heavy atom. The maximum atomic E-state index is 11.6. The van der Waals surface area contributed by atoms with E-state index in [0.717, 1.165) is 32.1 Å². The minimum atomic E-state index is -0.625. The first-order valence-electron chi connectivity index (χ1n) is 7.08. The number of aliphatic carboxylic acids is 1. The lowest BCUT2D eigenvalue weighted by molar-refractivity contribution is -0.153. The van der Waals surface area contributed by atoms with Crippen LogP contribution in [0.1, 0.15) is 64.7 Å². The van der Waals surface area contributed by atoms with Gasteiger partial charge in [-0.3, -0.25) is 4.79 Å². The van der Waals surface area contributed by atoms with Crippen LogP contribution >= 0.6 is 0 Å². The number of unbranched alkanes of at least 4 members (excludes halogenated alkanes) is 4. The van der Waals surface area contributed by atoms with Crippen LogP contribution in [0.4, 0.5) is 0 Å². The third-order valence-corrected chi connectivity index (χ3v) is 4.47. The van der Waals surface area contributed by atoms with E-state index in [9.17, 15) is 9.90 Å². The van der Waals surface area contributed by atoms with E-state index < -0.39 is 11.4 Å². The average Bonchev–Trinajstić information content (AvgIpc) is 2.89. The van der Waals surface area contributed by atoms with Gasteiger partial charge in [0.1, 0.15) is 0 Å². The highest BCUT2D eigenvalue weighted by molar-refractivity contribution is 5.76. The van der Waals surface area contributed by atoms with E-state index in [0.29, 0.717) is 0 Å². The predicted octanol–water partition coefficient (Wildman–Crippen LogP) is 3.37. The summed E-state index contributed by atoms with van der Waals surface area (Å²) in [6.45, 7) is 2.20. The van der Waals surface area contributed by atoms with Crippen LogP contribution in [0.25, 0.3) is 0 Å². The lowest BCUT2D eigenvalue weighted by atomic mass is 9.70. The van der Waals surface area contributed by atoms with Crippen LogP contribution in [0.15, 0.2) is 0 Å². The second-order valence-electron chi connectivity index (χ2n) is 5.65. The fraction of sp³-hybridized carbons (Fsp3) is 0.929. The highest BCUT2D eigenvalue weighted by Gasteiger charge is 2.56. The molecule has 0 spiro atoms. The van der Waals surface area contributed by atoms with E-state index in [1.807, 2.05) is 0 Å². The van der Waals surface area contributed by atoms with Crippen molar-refractivity contribution < 1.29 is 14.6 Å². The maximum absolute atomic E-state index is 11.6. The van der Waals surface area contributed by atoms with Gasteiger partial charge in [0.25, 0.3) is 0 Å². The number of hydrogen-bond acceptors (Lipinski definition) is 2. The van der Waals surface area contributed by atoms with Gasteiger partial charge in [0, 0.05) is 0 Å². The van der Waals surface area contributed by atoms with Crippen LogP contribution in [-0.4, -0.2) is 23.3 Å². The molecule has 3 heteroatoms. The van der Waals surface area contributed by atoms with Crippen molar-refractivity contribution >= 4 is 5.97 Å². The highest BCUT2D eigenvalue weighted by Crippen LogP contribution is 2.50. The summed E-state index contributed by atoms with van der Waals surface area (Å²) in [6, 6.07) is 0. The van der Waals surface area contributed by atoms with Gasteiger partial charge >= 0.3 is 5.97 Å². The van der Waals surface area contributed by atoms with Crippen molar-refractivity contribution in [2.75, 3.05) is 0 Å². The molecule has 3 atom stereocenters. The molecule has 0 amide bonds. The normalized spacial score (nSPS) is 35.4. The molecule has 17 heavy (non-hydrogen) atoms. The van der Waals surface area contributed by atoms with Crippen LogP contribution < -0.4 is 0 Å². The van der Waals surface area contributed by atoms with Crippen molar-refractivity contribution in [1.82, 2.24) is 0 Å². The third-order valence-electron chi connectivity index (χ3n) is 4.47. The summed E-state index contributed by atoms with van der Waals surface area (Å²) < 4.78 is 5.75. The molecule has 0 aromatic heterocycles. The fourth-order valence-electron chi connectivity index (χ4n) is 3.44. The summed E-state index contributed by atoms with van der Waals surface area (Å²) in [4.78, 5) is 11.6. The summed E-state index contributed by atoms with van der Waals surface area (Å²) in [5.41, 5.74) is -0.546. The van der Waals surface area contributed by atoms with Gasteiger partial charge in [-0.1, -0.05) is 39.0 Å². The number of fused-ring (bicyclic) bond motifs is 2. The lowest BCUT2D eigenvalue weighted by Crippen LogP contribution is -2.40. The van der Waals surface area contributed by atoms with Crippen molar-refractivity contribution in [1.29, 1.82) is 0 Å². The molecular formula is C14H24O3. The second kappa shape index (κ2) is 5.38. The molecular weight excluding hydrogens is 216 g/mol. The molecule has 2 aliphatic heterocycles. The molecule has 3 unspecified atom stereocenters. The molecule has 3 nitrogen and oxygen atoms in total. The molecule has 2 rings (SSSR count). The predicted molar refractivity (Wildman–Crippen MR) is 66.0 cm³/mol. The molecule has 2 aliphatic rings. The molecule has 98 valence electrons. The number of rotatable bonds is 7. The monoisotopic (exact) mass is 240 g/mol. The topological polar surface area (TPSA) is 46.5 Å². The van der Waals surface area contributed by atoms with Gasteiger partial charge in [-0.25, -0.2) is 0 Å². The number of ether oxygens (including phenoxy) is 1. The third kappa shape index (κ3) is 2.49. The second-order valence-corrected chi connectivity index (χ2v) is 5.65. The van der Waals surface area contributed by atoms with Crippen LogP contribution in [0.3, 0.4) is 0 Å². The zero-order valence-corrected chi connectivity index (χ0v) is 10.8. The van der Waals surface area contributed by atoms with Crippen LogP contribution in [0.5, 0.6) is 0 Å². The van der Waals surface area contributed by atoms with Gasteiger partial charge in [-0.15, -0.1) is 0 Å². The molecule has 0 aromatic carbocycles. The van der Waals surface area contributed by atoms with E-state index in [2.05, 4.69) is 6.92 Å². The van der Waals surface area contributed by atoms with Crippen molar-refractivity contribution in [3.8, 4) is 0 Å². The summed E-state index contributed by atoms with van der Waals surface area (Å²) in [5.74, 6) is -0.625. The van der Waals surface area contributed by atoms with Crippen LogP contribution in [-0.2, 0) is 9.53 Å². The van der Waals surface area contributed by atoms with Gasteiger partial charge in [0.15, 0.2) is 0 Å². The molecule has 0 saturated carbocycles. The standard InChI is InChI=1S/C14H24O3/c1-2-3-4-5-6-9-14(13(15)16)10-11-7-8-12(14)17-11/h11-12H,2-10H2,1H3,(H,15,16). The van der Waals surface area contributed by atoms with Gasteiger partial charge in [-0.2, -0.15) is 0 Å². The quantitative estimate of drug-likeness (QED) is 0.694. The van der Waals surface area contributed by atoms with Crippen molar-refractivity contribution in [3.63, 3.8) is 0 Å². The number of carboxylic acid groups (broad SMARTS) is 1. The number of hydrogen-bond donors (Lipinski definition) is 1. The Kier molecular flexibility index (Phi) is 4.08. The Bertz CT molecular complexity index is 277. The first kappa shape index (κ1) is 12.9. The van der Waals surface area contributed by atoms with E-state index in [4.69, 9.17) is 4.74 Å². The lowest BCUT2D eigenvalue weighted by Gasteiger charge is -2.30. The summed E-state index contributed by atoms with van der Waals surface area (Å²) in [7, 11) is 0. The molecule has 0 aromatic rings. The molecule has 2 fully saturated rings. The highest BCUT2D eigenvalue weighted by atomic mass is 16.5. The minimum Gasteiger partial charge on any atom is -0.481 e. The van der Waals surface area contributed by atoms with Crippen molar-refractivity contribution in [3.05, 3.63) is 0 Å². The Balaban J connectivity index is 1.84. The van der Waals surface area contributed by atoms with Gasteiger partial charge in [0.05, 0.1) is 17.6 Å². The van der Waals surface area contributed by atoms with Crippen LogP contribution in [0.2, 0.25) is 0 Å². The maximum Gasteiger partial charge on any atom is 0.312 e. The van der Waals surface area contributed by atoms with E-state index in [1.165, 1.54) is 25.7 Å². The molecule has 0 radical (unpaired) electrons. The molecule has 2 bridgehead atoms. The van der Waals surface area contributed by atoms with Gasteiger partial charge in [-0.05, 0) is 25.7 Å². The summed E-state index contributed by atoms with van der Waals surface area (Å²) >= 11 is 0. The molecule has 2 heterocycles. The zero-order chi connectivity index (χ0) is 12.3. The number of carbonyl (C=O) groups is 1. The first-order valence-corrected chi connectivity index (χ1v) is 7.08. The Hall–Kier alpha value is -0.570. The smallest absolute Gasteiger partial charge is 0.312 e. The minimum absolute atomic E-state index is 0.00354. The fourth-order valence-corrected chi connectivity index (χ4v) is 3.44. The SMILES string of the molecule is CCCCCCCC1(C(=O)O)CC2CCC1O2. The zero-order valence-electron chi connectivity index (χ0n) is 10.8. The van der Waals surface area contributed by atoms with E-state index in [-0.39, 0.29) is 12.2 Å². The Morgan fingerprint density at radius 1 is 1.29 bits per heavy atom. The van der Waals surface area contributed by atoms with E-state index in [1.54, 1.807) is 0 Å². The van der Waals surface area contributed by atoms with Gasteiger partial charge < -0.3 is 9.84 Å². The average molecular weight is 240 g/mol. The van der Waals surface area contributed by atoms with Crippen molar-refractivity contribution in [2.24, 2.45) is 5.41 Å². The van der Waals surface area contributed by atoms with E-state index >= 15 is 0 Å². The Morgan fingerprint density at radius 2 is 2.06 bits per heavy atom. The molecule has 2 saturated heterocycles. The van der Waals surface area contributed by atoms with Gasteiger partial charge in [0.2, 0.25) is 0 Å². The summed E-state index contributed by atoms with van der Waals surface area (Å²) in [6.07, 6.45) is 9.75. The summed E-state index contributed by atoms with van der Waals surface area (Å²) in [5, 5.41) is 9.51. The van der Waals surface area contributed by atoms with Crippen LogP contribution in [0, 0.1) is 5.41 Å². The largest absolute Gasteiger partial charge is 0.481 e. The number of carboxylic acids is 1. The molecule has 0 aliphatic carbocycles. The Labute approximate surface area is 104 Å². The molecule has 1 N–H and O–H groups in total. The first-order chi connectivity index (χ1) is 8.19. The van der Waals surface area contributed by atoms with Crippen molar-refractivity contribution in [2.45, 2.75) is 76.9 Å².